The first kappa shape index (κ1) is 16.3. The maximum atomic E-state index is 13.7. The fourth-order valence-electron chi connectivity index (χ4n) is 1.87. The number of hydrogen-bond acceptors (Lipinski definition) is 3. The normalized spacial score (nSPS) is 16.9. The van der Waals surface area contributed by atoms with Gasteiger partial charge in [-0.25, -0.2) is 4.39 Å². The van der Waals surface area contributed by atoms with Crippen molar-refractivity contribution in [2.75, 3.05) is 12.4 Å². The van der Waals surface area contributed by atoms with Crippen LogP contribution < -0.4 is 4.74 Å². The molecule has 5 heteroatoms. The monoisotopic (exact) mass is 311 g/mol. The lowest BCUT2D eigenvalue weighted by Crippen LogP contribution is -2.07. The summed E-state index contributed by atoms with van der Waals surface area (Å²) < 4.78 is 35.2. The van der Waals surface area contributed by atoms with Crippen LogP contribution in [-0.4, -0.2) is 22.6 Å². The topological polar surface area (TPSA) is 44.7 Å². The first-order valence-electron chi connectivity index (χ1n) is 7.46. The van der Waals surface area contributed by atoms with Gasteiger partial charge in [0.25, 0.3) is 0 Å². The van der Waals surface area contributed by atoms with E-state index in [1.807, 2.05) is 6.92 Å². The van der Waals surface area contributed by atoms with Crippen LogP contribution in [-0.2, 0) is 11.4 Å². The van der Waals surface area contributed by atoms with Crippen molar-refractivity contribution in [2.24, 2.45) is 10.3 Å². The van der Waals surface area contributed by atoms with E-state index in [9.17, 15) is 8.94 Å². The second kappa shape index (κ2) is 7.80. The highest BCUT2D eigenvalue weighted by atomic mass is 32.2. The molecular weight excluding hydrogens is 289 g/mol. The van der Waals surface area contributed by atoms with Crippen LogP contribution in [0, 0.1) is 11.7 Å². The molecule has 1 aromatic carbocycles. The van der Waals surface area contributed by atoms with E-state index < -0.39 is 11.4 Å². The molecule has 116 valence electrons. The number of ether oxygens (including phenoxy) is 1. The van der Waals surface area contributed by atoms with Crippen LogP contribution >= 0.6 is 0 Å². The molecule has 1 aromatic rings. The SMILES string of the molecule is CCCC[S+]([O-])N=C(C)c1cc(F)cc(OCC2CC2)c1. The molecule has 0 amide bonds. The predicted octanol–water partition coefficient (Wildman–Crippen LogP) is 3.89. The highest BCUT2D eigenvalue weighted by Gasteiger charge is 2.22. The maximum Gasteiger partial charge on any atom is 0.133 e. The van der Waals surface area contributed by atoms with E-state index in [1.54, 1.807) is 13.0 Å². The van der Waals surface area contributed by atoms with Gasteiger partial charge in [0.05, 0.1) is 23.7 Å². The summed E-state index contributed by atoms with van der Waals surface area (Å²) >= 11 is -1.24. The Labute approximate surface area is 128 Å². The summed E-state index contributed by atoms with van der Waals surface area (Å²) in [5.41, 5.74) is 1.21. The van der Waals surface area contributed by atoms with Crippen molar-refractivity contribution in [3.8, 4) is 5.75 Å². The zero-order valence-corrected chi connectivity index (χ0v) is 13.4. The van der Waals surface area contributed by atoms with Crippen molar-refractivity contribution in [3.05, 3.63) is 29.6 Å². The largest absolute Gasteiger partial charge is 0.591 e. The van der Waals surface area contributed by atoms with Crippen LogP contribution in [0.25, 0.3) is 0 Å². The van der Waals surface area contributed by atoms with Gasteiger partial charge in [0.2, 0.25) is 0 Å². The van der Waals surface area contributed by atoms with Gasteiger partial charge in [0, 0.05) is 11.6 Å². The van der Waals surface area contributed by atoms with Gasteiger partial charge < -0.3 is 9.29 Å². The Kier molecular flexibility index (Phi) is 6.06. The van der Waals surface area contributed by atoms with Crippen molar-refractivity contribution in [1.82, 2.24) is 0 Å². The third-order valence-electron chi connectivity index (χ3n) is 3.38. The summed E-state index contributed by atoms with van der Waals surface area (Å²) in [5.74, 6) is 1.33. The van der Waals surface area contributed by atoms with Crippen LogP contribution in [0.15, 0.2) is 22.6 Å². The number of rotatable bonds is 8. The third-order valence-corrected chi connectivity index (χ3v) is 4.50. The van der Waals surface area contributed by atoms with E-state index >= 15 is 0 Å². The molecule has 1 atom stereocenters. The minimum absolute atomic E-state index is 0.354. The van der Waals surface area contributed by atoms with Crippen molar-refractivity contribution >= 4 is 17.1 Å². The molecule has 3 nitrogen and oxygen atoms in total. The number of nitrogens with zero attached hydrogens (tertiary/aromatic N) is 1. The summed E-state index contributed by atoms with van der Waals surface area (Å²) in [4.78, 5) is 0. The van der Waals surface area contributed by atoms with Crippen LogP contribution in [0.1, 0.15) is 45.1 Å². The lowest BCUT2D eigenvalue weighted by atomic mass is 10.1. The molecule has 1 fully saturated rings. The van der Waals surface area contributed by atoms with Gasteiger partial charge in [0.1, 0.15) is 17.3 Å². The average Bonchev–Trinajstić information content (AvgIpc) is 3.26. The molecule has 0 bridgehead atoms. The molecule has 0 spiro atoms. The fraction of sp³-hybridized carbons (Fsp3) is 0.562. The van der Waals surface area contributed by atoms with Crippen molar-refractivity contribution < 1.29 is 13.7 Å². The van der Waals surface area contributed by atoms with E-state index in [0.717, 1.165) is 12.8 Å². The van der Waals surface area contributed by atoms with Crippen molar-refractivity contribution in [1.29, 1.82) is 0 Å². The highest BCUT2D eigenvalue weighted by molar-refractivity contribution is 7.90. The molecule has 0 radical (unpaired) electrons. The minimum Gasteiger partial charge on any atom is -0.591 e. The second-order valence-corrected chi connectivity index (χ2v) is 6.72. The Morgan fingerprint density at radius 2 is 2.19 bits per heavy atom. The van der Waals surface area contributed by atoms with E-state index in [2.05, 4.69) is 4.40 Å². The van der Waals surface area contributed by atoms with Gasteiger partial charge in [-0.15, -0.1) is 0 Å². The van der Waals surface area contributed by atoms with Gasteiger partial charge >= 0.3 is 0 Å². The molecule has 0 N–H and O–H groups in total. The van der Waals surface area contributed by atoms with E-state index in [4.69, 9.17) is 4.74 Å². The Morgan fingerprint density at radius 3 is 2.86 bits per heavy atom. The standard InChI is InChI=1S/C16H22FNO2S/c1-3-4-7-21(19)18-12(2)14-8-15(17)10-16(9-14)20-11-13-5-6-13/h8-10,13H,3-7,11H2,1-2H3. The summed E-state index contributed by atoms with van der Waals surface area (Å²) in [5, 5.41) is 0. The Bertz CT molecular complexity index is 503. The molecule has 1 aliphatic carbocycles. The third kappa shape index (κ3) is 5.67. The molecule has 1 aliphatic rings. The summed E-state index contributed by atoms with van der Waals surface area (Å²) in [6.07, 6.45) is 4.25. The van der Waals surface area contributed by atoms with E-state index in [1.165, 1.54) is 25.0 Å². The quantitative estimate of drug-likeness (QED) is 0.540. The fourth-order valence-corrected chi connectivity index (χ4v) is 2.91. The number of halogens is 1. The first-order valence-corrected chi connectivity index (χ1v) is 8.73. The molecule has 0 heterocycles. The van der Waals surface area contributed by atoms with Crippen LogP contribution in [0.3, 0.4) is 0 Å². The highest BCUT2D eigenvalue weighted by Crippen LogP contribution is 2.30. The van der Waals surface area contributed by atoms with Crippen LogP contribution in [0.5, 0.6) is 5.75 Å². The molecule has 2 rings (SSSR count). The average molecular weight is 311 g/mol. The second-order valence-electron chi connectivity index (χ2n) is 5.49. The predicted molar refractivity (Wildman–Crippen MR) is 84.7 cm³/mol. The van der Waals surface area contributed by atoms with E-state index in [0.29, 0.717) is 35.3 Å². The van der Waals surface area contributed by atoms with Gasteiger partial charge in [0.15, 0.2) is 0 Å². The number of hydrogen-bond donors (Lipinski definition) is 0. The number of benzene rings is 1. The molecule has 1 unspecified atom stereocenters. The van der Waals surface area contributed by atoms with Gasteiger partial charge in [-0.3, -0.25) is 0 Å². The zero-order valence-electron chi connectivity index (χ0n) is 12.6. The van der Waals surface area contributed by atoms with Gasteiger partial charge in [-0.1, -0.05) is 17.7 Å². The Hall–Kier alpha value is -1.07. The van der Waals surface area contributed by atoms with Gasteiger partial charge in [-0.2, -0.15) is 0 Å². The Morgan fingerprint density at radius 1 is 1.43 bits per heavy atom. The van der Waals surface area contributed by atoms with Crippen LogP contribution in [0.2, 0.25) is 0 Å². The van der Waals surface area contributed by atoms with Gasteiger partial charge in [-0.05, 0) is 44.2 Å². The number of unbranched alkanes of at least 4 members (excludes halogenated alkanes) is 1. The maximum absolute atomic E-state index is 13.7. The smallest absolute Gasteiger partial charge is 0.133 e. The minimum atomic E-state index is -1.24. The van der Waals surface area contributed by atoms with Crippen molar-refractivity contribution in [2.45, 2.75) is 39.5 Å². The Balaban J connectivity index is 2.04. The molecule has 0 saturated heterocycles. The summed E-state index contributed by atoms with van der Waals surface area (Å²) in [6.45, 7) is 4.44. The first-order chi connectivity index (χ1) is 10.1. The molecule has 21 heavy (non-hydrogen) atoms. The lowest BCUT2D eigenvalue weighted by Gasteiger charge is -2.09. The van der Waals surface area contributed by atoms with Crippen molar-refractivity contribution in [3.63, 3.8) is 0 Å². The molecule has 1 saturated carbocycles. The molecule has 0 aliphatic heterocycles. The molecular formula is C16H22FNO2S. The summed E-state index contributed by atoms with van der Waals surface area (Å²) in [6, 6.07) is 4.55. The lowest BCUT2D eigenvalue weighted by molar-refractivity contribution is 0.298. The zero-order chi connectivity index (χ0) is 15.2. The van der Waals surface area contributed by atoms with Crippen LogP contribution in [0.4, 0.5) is 4.39 Å². The van der Waals surface area contributed by atoms with E-state index in [-0.39, 0.29) is 5.82 Å². The molecule has 0 aromatic heterocycles. The summed E-state index contributed by atoms with van der Waals surface area (Å²) in [7, 11) is 0.